The number of rotatable bonds is 11. The van der Waals surface area contributed by atoms with Gasteiger partial charge in [0.15, 0.2) is 0 Å². The molecule has 2 atom stereocenters. The van der Waals surface area contributed by atoms with Crippen molar-refractivity contribution in [2.75, 3.05) is 7.11 Å². The summed E-state index contributed by atoms with van der Waals surface area (Å²) in [6, 6.07) is 15.5. The van der Waals surface area contributed by atoms with Gasteiger partial charge in [0.1, 0.15) is 23.2 Å². The minimum atomic E-state index is -1.02. The summed E-state index contributed by atoms with van der Waals surface area (Å²) in [5.41, 5.74) is 11.1. The number of hydrogen-bond acceptors (Lipinski definition) is 6. The number of H-pyrrole nitrogens is 1. The summed E-state index contributed by atoms with van der Waals surface area (Å²) in [4.78, 5) is 49.7. The number of ether oxygens (including phenoxy) is 2. The van der Waals surface area contributed by atoms with E-state index in [0.29, 0.717) is 11.4 Å². The molecule has 11 heteroatoms. The fourth-order valence-electron chi connectivity index (χ4n) is 5.65. The lowest BCUT2D eigenvalue weighted by atomic mass is 9.93. The molecule has 0 spiro atoms. The number of amides is 3. The highest BCUT2D eigenvalue weighted by Crippen LogP contribution is 2.29. The summed E-state index contributed by atoms with van der Waals surface area (Å²) in [5.74, 6) is 0.449. The number of primary amides is 1. The highest BCUT2D eigenvalue weighted by atomic mass is 79.9. The van der Waals surface area contributed by atoms with Crippen molar-refractivity contribution in [3.63, 3.8) is 0 Å². The van der Waals surface area contributed by atoms with Gasteiger partial charge in [-0.15, -0.1) is 0 Å². The molecule has 0 bridgehead atoms. The van der Waals surface area contributed by atoms with Crippen molar-refractivity contribution >= 4 is 33.8 Å². The van der Waals surface area contributed by atoms with Crippen LogP contribution in [0.3, 0.4) is 0 Å². The Morgan fingerprint density at radius 2 is 1.71 bits per heavy atom. The van der Waals surface area contributed by atoms with E-state index in [-0.39, 0.29) is 18.9 Å². The normalized spacial score (nSPS) is 12.6. The van der Waals surface area contributed by atoms with Crippen molar-refractivity contribution < 1.29 is 23.9 Å². The van der Waals surface area contributed by atoms with Crippen molar-refractivity contribution in [2.45, 2.75) is 79.1 Å². The number of carbonyl (C=O) groups excluding carboxylic acids is 3. The van der Waals surface area contributed by atoms with Crippen molar-refractivity contribution in [2.24, 2.45) is 5.73 Å². The molecule has 4 N–H and O–H groups in total. The van der Waals surface area contributed by atoms with Gasteiger partial charge in [0, 0.05) is 28.6 Å². The van der Waals surface area contributed by atoms with Gasteiger partial charge in [-0.25, -0.2) is 9.78 Å². The van der Waals surface area contributed by atoms with Gasteiger partial charge in [0.25, 0.3) is 0 Å². The van der Waals surface area contributed by atoms with Crippen LogP contribution in [0.2, 0.25) is 0 Å². The van der Waals surface area contributed by atoms with Gasteiger partial charge in [0.2, 0.25) is 11.8 Å². The number of benzene rings is 3. The first kappa shape index (κ1) is 36.2. The van der Waals surface area contributed by atoms with Gasteiger partial charge in [-0.1, -0.05) is 40.2 Å². The Morgan fingerprint density at radius 3 is 2.29 bits per heavy atom. The predicted octanol–water partition coefficient (Wildman–Crippen LogP) is 7.10. The van der Waals surface area contributed by atoms with Gasteiger partial charge in [-0.05, 0) is 107 Å². The predicted molar refractivity (Wildman–Crippen MR) is 190 cm³/mol. The SMILES string of the molecule is COc1ccc(CN(C(=O)[C@H](Cc2c(C)cc(C(N)=O)cc2C)NC(=O)OC(C)(C)C)[C@@H](C)c2ncc(-c3cccc(Br)c3)[nH]2)cc1C. The molecular formula is C37H44BrN5O5. The second-order valence-electron chi connectivity index (χ2n) is 13.0. The number of aromatic nitrogens is 2. The Kier molecular flexibility index (Phi) is 11.4. The fourth-order valence-corrected chi connectivity index (χ4v) is 6.05. The molecule has 4 rings (SSSR count). The second-order valence-corrected chi connectivity index (χ2v) is 13.9. The van der Waals surface area contributed by atoms with Crippen LogP contribution in [0.1, 0.15) is 77.7 Å². The summed E-state index contributed by atoms with van der Waals surface area (Å²) in [7, 11) is 1.62. The quantitative estimate of drug-likeness (QED) is 0.151. The molecule has 48 heavy (non-hydrogen) atoms. The first-order valence-electron chi connectivity index (χ1n) is 15.7. The minimum Gasteiger partial charge on any atom is -0.496 e. The maximum Gasteiger partial charge on any atom is 0.408 e. The van der Waals surface area contributed by atoms with Crippen molar-refractivity contribution in [1.82, 2.24) is 20.2 Å². The van der Waals surface area contributed by atoms with Crippen molar-refractivity contribution in [3.8, 4) is 17.0 Å². The first-order valence-corrected chi connectivity index (χ1v) is 16.5. The topological polar surface area (TPSA) is 140 Å². The third-order valence-corrected chi connectivity index (χ3v) is 8.56. The Balaban J connectivity index is 1.78. The van der Waals surface area contributed by atoms with Gasteiger partial charge in [-0.2, -0.15) is 0 Å². The molecule has 0 aliphatic heterocycles. The summed E-state index contributed by atoms with van der Waals surface area (Å²) >= 11 is 3.53. The Hall–Kier alpha value is -4.64. The summed E-state index contributed by atoms with van der Waals surface area (Å²) < 4.78 is 12.0. The number of hydrogen-bond donors (Lipinski definition) is 3. The van der Waals surface area contributed by atoms with Crippen molar-refractivity contribution in [1.29, 1.82) is 0 Å². The second kappa shape index (κ2) is 15.1. The zero-order chi connectivity index (χ0) is 35.3. The molecule has 0 saturated carbocycles. The minimum absolute atomic E-state index is 0.154. The molecule has 0 aliphatic rings. The summed E-state index contributed by atoms with van der Waals surface area (Å²) in [6.07, 6.45) is 1.19. The molecule has 0 saturated heterocycles. The maximum atomic E-state index is 14.8. The molecule has 3 amide bonds. The third kappa shape index (κ3) is 9.03. The summed E-state index contributed by atoms with van der Waals surface area (Å²) in [6.45, 7) is 13.1. The zero-order valence-corrected chi connectivity index (χ0v) is 30.3. The lowest BCUT2D eigenvalue weighted by molar-refractivity contribution is -0.136. The van der Waals surface area contributed by atoms with Crippen LogP contribution in [0.25, 0.3) is 11.3 Å². The first-order chi connectivity index (χ1) is 22.6. The molecule has 10 nitrogen and oxygen atoms in total. The van der Waals surface area contributed by atoms with E-state index < -0.39 is 29.7 Å². The van der Waals surface area contributed by atoms with Gasteiger partial charge >= 0.3 is 6.09 Å². The Labute approximate surface area is 290 Å². The molecule has 0 radical (unpaired) electrons. The van der Waals surface area contributed by atoms with E-state index in [2.05, 4.69) is 31.2 Å². The van der Waals surface area contributed by atoms with E-state index in [0.717, 1.165) is 49.3 Å². The Morgan fingerprint density at radius 1 is 1.02 bits per heavy atom. The number of imidazole rings is 1. The summed E-state index contributed by atoms with van der Waals surface area (Å²) in [5, 5.41) is 2.85. The average molecular weight is 719 g/mol. The lowest BCUT2D eigenvalue weighted by Gasteiger charge is -2.33. The van der Waals surface area contributed by atoms with Crippen LogP contribution in [0.15, 0.2) is 65.3 Å². The lowest BCUT2D eigenvalue weighted by Crippen LogP contribution is -2.51. The van der Waals surface area contributed by atoms with E-state index >= 15 is 0 Å². The fraction of sp³-hybridized carbons (Fsp3) is 0.351. The van der Waals surface area contributed by atoms with E-state index in [1.54, 1.807) is 51.1 Å². The number of nitrogens with two attached hydrogens (primary N) is 1. The number of methoxy groups -OCH3 is 1. The number of nitrogens with one attached hydrogen (secondary N) is 2. The standard InChI is InChI=1S/C37H44BrN5O5/c1-21-15-27(33(39)44)16-22(2)29(21)18-30(42-36(46)48-37(5,6)7)35(45)43(20-25-12-13-32(47-8)23(3)14-25)24(4)34-40-19-31(41-34)26-10-9-11-28(38)17-26/h9-17,19,24,30H,18,20H2,1-8H3,(H2,39,44)(H,40,41)(H,42,46)/t24-,30-/m0/s1. The molecule has 1 heterocycles. The van der Waals surface area contributed by atoms with E-state index in [1.165, 1.54) is 0 Å². The van der Waals surface area contributed by atoms with Gasteiger partial charge in [-0.3, -0.25) is 9.59 Å². The monoisotopic (exact) mass is 717 g/mol. The molecule has 0 aliphatic carbocycles. The third-order valence-electron chi connectivity index (χ3n) is 8.07. The van der Waals surface area contributed by atoms with Crippen LogP contribution < -0.4 is 15.8 Å². The van der Waals surface area contributed by atoms with Crippen LogP contribution in [0.5, 0.6) is 5.75 Å². The number of nitrogens with zero attached hydrogens (tertiary/aromatic N) is 2. The van der Waals surface area contributed by atoms with E-state index in [4.69, 9.17) is 15.2 Å². The average Bonchev–Trinajstić information content (AvgIpc) is 3.50. The maximum absolute atomic E-state index is 14.8. The van der Waals surface area contributed by atoms with Crippen LogP contribution >= 0.6 is 15.9 Å². The number of carbonyl (C=O) groups is 3. The van der Waals surface area contributed by atoms with E-state index in [9.17, 15) is 14.4 Å². The van der Waals surface area contributed by atoms with Crippen LogP contribution in [0.4, 0.5) is 4.79 Å². The van der Waals surface area contributed by atoms with Gasteiger partial charge in [0.05, 0.1) is 25.0 Å². The number of alkyl carbamates (subject to hydrolysis) is 1. The smallest absolute Gasteiger partial charge is 0.408 e. The molecule has 3 aromatic carbocycles. The molecule has 0 unspecified atom stereocenters. The highest BCUT2D eigenvalue weighted by Gasteiger charge is 2.33. The zero-order valence-electron chi connectivity index (χ0n) is 28.7. The van der Waals surface area contributed by atoms with Crippen LogP contribution in [-0.4, -0.2) is 51.5 Å². The number of halogens is 1. The van der Waals surface area contributed by atoms with Crippen LogP contribution in [0, 0.1) is 20.8 Å². The van der Waals surface area contributed by atoms with Crippen LogP contribution in [-0.2, 0) is 22.5 Å². The highest BCUT2D eigenvalue weighted by molar-refractivity contribution is 9.10. The van der Waals surface area contributed by atoms with Crippen molar-refractivity contribution in [3.05, 3.63) is 104 Å². The molecular weight excluding hydrogens is 674 g/mol. The molecule has 254 valence electrons. The number of aryl methyl sites for hydroxylation is 3. The largest absolute Gasteiger partial charge is 0.496 e. The molecule has 4 aromatic rings. The molecule has 0 fully saturated rings. The van der Waals surface area contributed by atoms with Gasteiger partial charge < -0.3 is 30.4 Å². The molecule has 1 aromatic heterocycles. The number of aromatic amines is 1. The van der Waals surface area contributed by atoms with E-state index in [1.807, 2.05) is 70.2 Å². The Bertz CT molecular complexity index is 1790.